The van der Waals surface area contributed by atoms with E-state index in [9.17, 15) is 14.4 Å². The molecule has 0 saturated carbocycles. The van der Waals surface area contributed by atoms with Gasteiger partial charge in [-0.2, -0.15) is 0 Å². The lowest BCUT2D eigenvalue weighted by atomic mass is 10.1. The highest BCUT2D eigenvalue weighted by molar-refractivity contribution is 5.91. The van der Waals surface area contributed by atoms with Crippen molar-refractivity contribution >= 4 is 23.9 Å². The predicted molar refractivity (Wildman–Crippen MR) is 81.1 cm³/mol. The summed E-state index contributed by atoms with van der Waals surface area (Å²) in [6, 6.07) is 6.52. The fourth-order valence-corrected chi connectivity index (χ4v) is 1.60. The zero-order chi connectivity index (χ0) is 16.5. The van der Waals surface area contributed by atoms with Crippen LogP contribution < -0.4 is 5.32 Å². The fraction of sp³-hybridized carbons (Fsp3) is 0.312. The number of rotatable bonds is 6. The molecule has 1 aromatic carbocycles. The highest BCUT2D eigenvalue weighted by Crippen LogP contribution is 2.07. The van der Waals surface area contributed by atoms with Gasteiger partial charge in [-0.05, 0) is 37.6 Å². The maximum atomic E-state index is 11.6. The number of likely N-dealkylation sites (N-methyl/N-ethyl adjacent to an activating group) is 1. The Morgan fingerprint density at radius 3 is 2.41 bits per heavy atom. The number of amides is 1. The molecule has 6 heteroatoms. The minimum atomic E-state index is -0.848. The molecule has 0 unspecified atom stereocenters. The third-order valence-electron chi connectivity index (χ3n) is 2.76. The fourth-order valence-electron chi connectivity index (χ4n) is 1.60. The Bertz CT molecular complexity index is 562. The lowest BCUT2D eigenvalue weighted by molar-refractivity contribution is -0.150. The molecule has 0 radical (unpaired) electrons. The van der Waals surface area contributed by atoms with Gasteiger partial charge in [-0.15, -0.1) is 0 Å². The predicted octanol–water partition coefficient (Wildman–Crippen LogP) is 1.55. The summed E-state index contributed by atoms with van der Waals surface area (Å²) in [5.41, 5.74) is 1.14. The van der Waals surface area contributed by atoms with Crippen LogP contribution in [0.4, 0.5) is 0 Å². The van der Waals surface area contributed by atoms with Crippen LogP contribution in [0.15, 0.2) is 30.3 Å². The van der Waals surface area contributed by atoms with Crippen molar-refractivity contribution < 1.29 is 23.9 Å². The molecule has 1 rings (SSSR count). The summed E-state index contributed by atoms with van der Waals surface area (Å²) in [6.45, 7) is 3.76. The Balaban J connectivity index is 2.58. The van der Waals surface area contributed by atoms with Crippen molar-refractivity contribution in [3.8, 4) is 0 Å². The van der Waals surface area contributed by atoms with Crippen LogP contribution in [0, 0.1) is 0 Å². The number of nitrogens with one attached hydrogen (secondary N) is 1. The third kappa shape index (κ3) is 5.40. The van der Waals surface area contributed by atoms with E-state index in [0.717, 1.165) is 5.56 Å². The summed E-state index contributed by atoms with van der Waals surface area (Å²) in [5.74, 6) is -1.38. The summed E-state index contributed by atoms with van der Waals surface area (Å²) >= 11 is 0. The van der Waals surface area contributed by atoms with Crippen LogP contribution in [-0.4, -0.2) is 37.6 Å². The van der Waals surface area contributed by atoms with E-state index in [0.29, 0.717) is 12.1 Å². The number of benzene rings is 1. The highest BCUT2D eigenvalue weighted by atomic mass is 16.5. The number of esters is 2. The molecule has 22 heavy (non-hydrogen) atoms. The van der Waals surface area contributed by atoms with Gasteiger partial charge in [0.05, 0.1) is 12.7 Å². The summed E-state index contributed by atoms with van der Waals surface area (Å²) in [7, 11) is 1.31. The van der Waals surface area contributed by atoms with E-state index in [1.54, 1.807) is 31.2 Å². The van der Waals surface area contributed by atoms with E-state index < -0.39 is 18.0 Å². The number of ether oxygens (including phenoxy) is 2. The Kier molecular flexibility index (Phi) is 6.82. The largest absolute Gasteiger partial charge is 0.465 e. The Morgan fingerprint density at radius 1 is 1.23 bits per heavy atom. The van der Waals surface area contributed by atoms with Crippen molar-refractivity contribution in [2.45, 2.75) is 20.0 Å². The quantitative estimate of drug-likeness (QED) is 0.637. The Morgan fingerprint density at radius 2 is 1.86 bits per heavy atom. The van der Waals surface area contributed by atoms with Crippen LogP contribution in [0.3, 0.4) is 0 Å². The first-order valence-electron chi connectivity index (χ1n) is 6.82. The van der Waals surface area contributed by atoms with E-state index >= 15 is 0 Å². The second kappa shape index (κ2) is 8.61. The molecule has 0 aliphatic carbocycles. The summed E-state index contributed by atoms with van der Waals surface area (Å²) in [6.07, 6.45) is 1.91. The van der Waals surface area contributed by atoms with E-state index in [2.05, 4.69) is 10.1 Å². The van der Waals surface area contributed by atoms with Crippen molar-refractivity contribution in [3.63, 3.8) is 0 Å². The molecule has 0 heterocycles. The molecule has 0 fully saturated rings. The van der Waals surface area contributed by atoms with Gasteiger partial charge < -0.3 is 14.8 Å². The Labute approximate surface area is 129 Å². The minimum Gasteiger partial charge on any atom is -0.465 e. The first kappa shape index (κ1) is 17.4. The first-order chi connectivity index (χ1) is 10.5. The summed E-state index contributed by atoms with van der Waals surface area (Å²) < 4.78 is 9.55. The maximum absolute atomic E-state index is 11.6. The molecule has 1 N–H and O–H groups in total. The van der Waals surface area contributed by atoms with Crippen LogP contribution in [0.2, 0.25) is 0 Å². The zero-order valence-corrected chi connectivity index (χ0v) is 12.8. The average molecular weight is 305 g/mol. The molecule has 0 aromatic heterocycles. The summed E-state index contributed by atoms with van der Waals surface area (Å²) in [4.78, 5) is 34.3. The van der Waals surface area contributed by atoms with E-state index in [1.165, 1.54) is 26.2 Å². The van der Waals surface area contributed by atoms with Crippen LogP contribution in [-0.2, 0) is 19.1 Å². The van der Waals surface area contributed by atoms with Crippen molar-refractivity contribution in [1.29, 1.82) is 0 Å². The standard InChI is InChI=1S/C16H19NO5/c1-4-17-15(19)11(2)22-14(18)10-7-12-5-8-13(9-6-12)16(20)21-3/h5-11H,4H2,1-3H3,(H,17,19)/b10-7+/t11-/m1/s1. The maximum Gasteiger partial charge on any atom is 0.337 e. The monoisotopic (exact) mass is 305 g/mol. The van der Waals surface area contributed by atoms with Crippen LogP contribution in [0.5, 0.6) is 0 Å². The molecular weight excluding hydrogens is 286 g/mol. The second-order valence-electron chi connectivity index (χ2n) is 4.42. The van der Waals surface area contributed by atoms with Gasteiger partial charge in [0.1, 0.15) is 0 Å². The number of carbonyl (C=O) groups excluding carboxylic acids is 3. The molecule has 0 spiro atoms. The van der Waals surface area contributed by atoms with Crippen molar-refractivity contribution in [1.82, 2.24) is 5.32 Å². The van der Waals surface area contributed by atoms with Gasteiger partial charge in [0.25, 0.3) is 5.91 Å². The number of carbonyl (C=O) groups is 3. The first-order valence-corrected chi connectivity index (χ1v) is 6.82. The average Bonchev–Trinajstić information content (AvgIpc) is 2.52. The number of methoxy groups -OCH3 is 1. The van der Waals surface area contributed by atoms with E-state index in [4.69, 9.17) is 4.74 Å². The van der Waals surface area contributed by atoms with Crippen molar-refractivity contribution in [3.05, 3.63) is 41.5 Å². The van der Waals surface area contributed by atoms with Crippen LogP contribution >= 0.6 is 0 Å². The number of hydrogen-bond donors (Lipinski definition) is 1. The lowest BCUT2D eigenvalue weighted by Gasteiger charge is -2.10. The second-order valence-corrected chi connectivity index (χ2v) is 4.42. The molecule has 1 atom stereocenters. The Hall–Kier alpha value is -2.63. The molecule has 0 aliphatic heterocycles. The summed E-state index contributed by atoms with van der Waals surface area (Å²) in [5, 5.41) is 2.56. The molecule has 0 aliphatic rings. The van der Waals surface area contributed by atoms with Crippen molar-refractivity contribution in [2.75, 3.05) is 13.7 Å². The van der Waals surface area contributed by atoms with Gasteiger partial charge in [-0.1, -0.05) is 12.1 Å². The molecule has 1 aromatic rings. The van der Waals surface area contributed by atoms with Crippen LogP contribution in [0.1, 0.15) is 29.8 Å². The lowest BCUT2D eigenvalue weighted by Crippen LogP contribution is -2.35. The van der Waals surface area contributed by atoms with Gasteiger partial charge in [-0.25, -0.2) is 9.59 Å². The minimum absolute atomic E-state index is 0.341. The zero-order valence-electron chi connectivity index (χ0n) is 12.8. The van der Waals surface area contributed by atoms with E-state index in [1.807, 2.05) is 0 Å². The molecule has 118 valence electrons. The molecule has 0 bridgehead atoms. The van der Waals surface area contributed by atoms with Gasteiger partial charge >= 0.3 is 11.9 Å². The van der Waals surface area contributed by atoms with Gasteiger partial charge in [0.15, 0.2) is 6.10 Å². The van der Waals surface area contributed by atoms with Crippen molar-refractivity contribution in [2.24, 2.45) is 0 Å². The van der Waals surface area contributed by atoms with E-state index in [-0.39, 0.29) is 5.91 Å². The SMILES string of the molecule is CCNC(=O)[C@@H](C)OC(=O)/C=C/c1ccc(C(=O)OC)cc1. The topological polar surface area (TPSA) is 81.7 Å². The third-order valence-corrected chi connectivity index (χ3v) is 2.76. The molecular formula is C16H19NO5. The molecule has 0 saturated heterocycles. The normalized spacial score (nSPS) is 11.8. The smallest absolute Gasteiger partial charge is 0.337 e. The number of hydrogen-bond acceptors (Lipinski definition) is 5. The van der Waals surface area contributed by atoms with Gasteiger partial charge in [-0.3, -0.25) is 4.79 Å². The highest BCUT2D eigenvalue weighted by Gasteiger charge is 2.15. The molecule has 1 amide bonds. The van der Waals surface area contributed by atoms with Crippen LogP contribution in [0.25, 0.3) is 6.08 Å². The van der Waals surface area contributed by atoms with Gasteiger partial charge in [0, 0.05) is 12.6 Å². The molecule has 6 nitrogen and oxygen atoms in total. The van der Waals surface area contributed by atoms with Gasteiger partial charge in [0.2, 0.25) is 0 Å².